The molecule has 1 N–H and O–H groups in total. The van der Waals surface area contributed by atoms with Crippen LogP contribution in [0.2, 0.25) is 5.02 Å². The number of nitrogens with one attached hydrogen (secondary N) is 1. The van der Waals surface area contributed by atoms with E-state index in [4.69, 9.17) is 11.6 Å². The standard InChI is InChI=1S/C17H13ClN2O/c1-12-5-2-3-6-13(12)9-14(11-19)17(21)20-16-8-4-7-15(18)10-16/h2-10H,1H3,(H,20,21)/b14-9-. The number of aryl methyl sites for hydroxylation is 1. The van der Waals surface area contributed by atoms with Crippen LogP contribution in [-0.2, 0) is 4.79 Å². The van der Waals surface area contributed by atoms with Gasteiger partial charge in [-0.25, -0.2) is 0 Å². The van der Waals surface area contributed by atoms with Crippen LogP contribution in [0, 0.1) is 18.3 Å². The minimum atomic E-state index is -0.456. The fourth-order valence-corrected chi connectivity index (χ4v) is 2.01. The predicted molar refractivity (Wildman–Crippen MR) is 84.9 cm³/mol. The molecule has 0 atom stereocenters. The second-order valence-electron chi connectivity index (χ2n) is 4.49. The number of hydrogen-bond acceptors (Lipinski definition) is 2. The molecule has 3 nitrogen and oxygen atoms in total. The van der Waals surface area contributed by atoms with E-state index in [-0.39, 0.29) is 5.57 Å². The lowest BCUT2D eigenvalue weighted by Crippen LogP contribution is -2.13. The first kappa shape index (κ1) is 14.8. The summed E-state index contributed by atoms with van der Waals surface area (Å²) in [4.78, 5) is 12.1. The van der Waals surface area contributed by atoms with Gasteiger partial charge in [0.15, 0.2) is 0 Å². The first-order valence-electron chi connectivity index (χ1n) is 6.34. The van der Waals surface area contributed by atoms with Gasteiger partial charge in [-0.3, -0.25) is 4.79 Å². The Hall–Kier alpha value is -2.57. The molecule has 0 bridgehead atoms. The Morgan fingerprint density at radius 1 is 1.24 bits per heavy atom. The van der Waals surface area contributed by atoms with E-state index in [1.807, 2.05) is 37.3 Å². The molecular formula is C17H13ClN2O. The Balaban J connectivity index is 2.24. The van der Waals surface area contributed by atoms with Gasteiger partial charge in [0.25, 0.3) is 5.91 Å². The molecule has 0 radical (unpaired) electrons. The summed E-state index contributed by atoms with van der Waals surface area (Å²) in [5.41, 5.74) is 2.44. The van der Waals surface area contributed by atoms with Gasteiger partial charge in [0.2, 0.25) is 0 Å². The molecule has 2 aromatic carbocycles. The fraction of sp³-hybridized carbons (Fsp3) is 0.0588. The van der Waals surface area contributed by atoms with Gasteiger partial charge in [0.1, 0.15) is 11.6 Å². The molecule has 2 aromatic rings. The number of rotatable bonds is 3. The van der Waals surface area contributed by atoms with E-state index < -0.39 is 5.91 Å². The molecule has 0 heterocycles. The van der Waals surface area contributed by atoms with Crippen LogP contribution in [0.15, 0.2) is 54.1 Å². The molecule has 0 aliphatic heterocycles. The quantitative estimate of drug-likeness (QED) is 0.682. The largest absolute Gasteiger partial charge is 0.321 e. The lowest BCUT2D eigenvalue weighted by molar-refractivity contribution is -0.112. The molecule has 0 fully saturated rings. The van der Waals surface area contributed by atoms with E-state index in [0.29, 0.717) is 10.7 Å². The van der Waals surface area contributed by atoms with Crippen molar-refractivity contribution in [2.24, 2.45) is 0 Å². The van der Waals surface area contributed by atoms with E-state index in [9.17, 15) is 10.1 Å². The van der Waals surface area contributed by atoms with Crippen molar-refractivity contribution < 1.29 is 4.79 Å². The zero-order valence-corrected chi connectivity index (χ0v) is 12.2. The van der Waals surface area contributed by atoms with Gasteiger partial charge in [-0.2, -0.15) is 5.26 Å². The van der Waals surface area contributed by atoms with Crippen molar-refractivity contribution in [3.63, 3.8) is 0 Å². The second kappa shape index (κ2) is 6.74. The summed E-state index contributed by atoms with van der Waals surface area (Å²) in [6, 6.07) is 16.3. The Labute approximate surface area is 128 Å². The van der Waals surface area contributed by atoms with Gasteiger partial charge >= 0.3 is 0 Å². The minimum absolute atomic E-state index is 0.0456. The molecule has 0 aliphatic carbocycles. The van der Waals surface area contributed by atoms with E-state index >= 15 is 0 Å². The number of nitriles is 1. The van der Waals surface area contributed by atoms with Gasteiger partial charge < -0.3 is 5.32 Å². The third-order valence-corrected chi connectivity index (χ3v) is 3.17. The molecule has 4 heteroatoms. The maximum Gasteiger partial charge on any atom is 0.266 e. The Bertz CT molecular complexity index is 744. The molecule has 0 unspecified atom stereocenters. The molecule has 21 heavy (non-hydrogen) atoms. The average molecular weight is 297 g/mol. The van der Waals surface area contributed by atoms with Crippen molar-refractivity contribution >= 4 is 29.3 Å². The highest BCUT2D eigenvalue weighted by Gasteiger charge is 2.10. The molecule has 0 saturated carbocycles. The summed E-state index contributed by atoms with van der Waals surface area (Å²) in [5, 5.41) is 12.4. The monoisotopic (exact) mass is 296 g/mol. The minimum Gasteiger partial charge on any atom is -0.321 e. The van der Waals surface area contributed by atoms with Crippen molar-refractivity contribution in [1.82, 2.24) is 0 Å². The third-order valence-electron chi connectivity index (χ3n) is 2.94. The molecule has 0 spiro atoms. The lowest BCUT2D eigenvalue weighted by atomic mass is 10.1. The summed E-state index contributed by atoms with van der Waals surface area (Å²) in [5.74, 6) is -0.456. The summed E-state index contributed by atoms with van der Waals surface area (Å²) >= 11 is 5.86. The number of carbonyl (C=O) groups excluding carboxylic acids is 1. The normalized spacial score (nSPS) is 10.8. The number of anilines is 1. The van der Waals surface area contributed by atoms with Crippen molar-refractivity contribution in [3.05, 3.63) is 70.3 Å². The Morgan fingerprint density at radius 3 is 2.67 bits per heavy atom. The van der Waals surface area contributed by atoms with Gasteiger partial charge in [0.05, 0.1) is 0 Å². The van der Waals surface area contributed by atoms with Crippen LogP contribution in [0.4, 0.5) is 5.69 Å². The number of nitrogens with zero attached hydrogens (tertiary/aromatic N) is 1. The van der Waals surface area contributed by atoms with Crippen molar-refractivity contribution in [2.45, 2.75) is 6.92 Å². The first-order chi connectivity index (χ1) is 10.1. The van der Waals surface area contributed by atoms with Crippen LogP contribution >= 0.6 is 11.6 Å². The van der Waals surface area contributed by atoms with Crippen LogP contribution in [-0.4, -0.2) is 5.91 Å². The maximum atomic E-state index is 12.1. The average Bonchev–Trinajstić information content (AvgIpc) is 2.46. The van der Waals surface area contributed by atoms with Crippen molar-refractivity contribution in [2.75, 3.05) is 5.32 Å². The Morgan fingerprint density at radius 2 is 2.00 bits per heavy atom. The van der Waals surface area contributed by atoms with E-state index in [0.717, 1.165) is 11.1 Å². The molecular weight excluding hydrogens is 284 g/mol. The van der Waals surface area contributed by atoms with E-state index in [1.54, 1.807) is 30.3 Å². The van der Waals surface area contributed by atoms with Crippen LogP contribution in [0.25, 0.3) is 6.08 Å². The van der Waals surface area contributed by atoms with Crippen LogP contribution in [0.3, 0.4) is 0 Å². The van der Waals surface area contributed by atoms with Crippen LogP contribution < -0.4 is 5.32 Å². The first-order valence-corrected chi connectivity index (χ1v) is 6.72. The van der Waals surface area contributed by atoms with Crippen molar-refractivity contribution in [1.29, 1.82) is 5.26 Å². The molecule has 0 aliphatic rings. The van der Waals surface area contributed by atoms with E-state index in [2.05, 4.69) is 5.32 Å². The van der Waals surface area contributed by atoms with Crippen LogP contribution in [0.5, 0.6) is 0 Å². The second-order valence-corrected chi connectivity index (χ2v) is 4.93. The highest BCUT2D eigenvalue weighted by atomic mass is 35.5. The SMILES string of the molecule is Cc1ccccc1/C=C(/C#N)C(=O)Nc1cccc(Cl)c1. The summed E-state index contributed by atoms with van der Waals surface area (Å²) in [7, 11) is 0. The van der Waals surface area contributed by atoms with Crippen molar-refractivity contribution in [3.8, 4) is 6.07 Å². The summed E-state index contributed by atoms with van der Waals surface area (Å²) in [6.45, 7) is 1.93. The third kappa shape index (κ3) is 3.95. The predicted octanol–water partition coefficient (Wildman–Crippen LogP) is 4.19. The molecule has 104 valence electrons. The molecule has 1 amide bonds. The van der Waals surface area contributed by atoms with Gasteiger partial charge in [0, 0.05) is 10.7 Å². The van der Waals surface area contributed by atoms with E-state index in [1.165, 1.54) is 0 Å². The highest BCUT2D eigenvalue weighted by Crippen LogP contribution is 2.17. The number of carbonyl (C=O) groups is 1. The van der Waals surface area contributed by atoms with Gasteiger partial charge in [-0.15, -0.1) is 0 Å². The van der Waals surface area contributed by atoms with Gasteiger partial charge in [-0.1, -0.05) is 41.9 Å². The number of benzene rings is 2. The number of halogens is 1. The fourth-order valence-electron chi connectivity index (χ4n) is 1.82. The smallest absolute Gasteiger partial charge is 0.266 e. The lowest BCUT2D eigenvalue weighted by Gasteiger charge is -2.05. The number of hydrogen-bond donors (Lipinski definition) is 1. The molecule has 2 rings (SSSR count). The van der Waals surface area contributed by atoms with Gasteiger partial charge in [-0.05, 0) is 42.3 Å². The van der Waals surface area contributed by atoms with Crippen LogP contribution in [0.1, 0.15) is 11.1 Å². The zero-order chi connectivity index (χ0) is 15.2. The summed E-state index contributed by atoms with van der Waals surface area (Å²) < 4.78 is 0. The molecule has 0 aromatic heterocycles. The Kier molecular flexibility index (Phi) is 4.76. The molecule has 0 saturated heterocycles. The highest BCUT2D eigenvalue weighted by molar-refractivity contribution is 6.31. The number of amides is 1. The summed E-state index contributed by atoms with van der Waals surface area (Å²) in [6.07, 6.45) is 1.58. The topological polar surface area (TPSA) is 52.9 Å². The maximum absolute atomic E-state index is 12.1. The zero-order valence-electron chi connectivity index (χ0n) is 11.4.